The van der Waals surface area contributed by atoms with E-state index in [4.69, 9.17) is 11.6 Å². The molecule has 6 heteroatoms. The third-order valence-corrected chi connectivity index (χ3v) is 2.37. The summed E-state index contributed by atoms with van der Waals surface area (Å²) in [6.45, 7) is 1.90. The van der Waals surface area contributed by atoms with E-state index in [2.05, 4.69) is 20.5 Å². The van der Waals surface area contributed by atoms with Crippen molar-refractivity contribution in [2.24, 2.45) is 7.05 Å². The average Bonchev–Trinajstić information content (AvgIpc) is 2.70. The number of nitrogens with one attached hydrogen (secondary N) is 1. The normalized spacial score (nSPS) is 10.7. The van der Waals surface area contributed by atoms with E-state index in [1.807, 2.05) is 14.0 Å². The Labute approximate surface area is 79.7 Å². The van der Waals surface area contributed by atoms with E-state index in [1.54, 1.807) is 10.9 Å². The van der Waals surface area contributed by atoms with Crippen LogP contribution in [0, 0.1) is 6.92 Å². The first kappa shape index (κ1) is 8.25. The highest BCUT2D eigenvalue weighted by molar-refractivity contribution is 6.33. The fourth-order valence-corrected chi connectivity index (χ4v) is 1.32. The smallest absolute Gasteiger partial charge is 0.134 e. The minimum Gasteiger partial charge on any atom is -0.271 e. The van der Waals surface area contributed by atoms with Crippen LogP contribution in [0.2, 0.25) is 5.02 Å². The monoisotopic (exact) mass is 197 g/mol. The van der Waals surface area contributed by atoms with Crippen LogP contribution in [0.25, 0.3) is 11.4 Å². The second-order valence-electron chi connectivity index (χ2n) is 2.73. The number of nitrogens with zero attached hydrogens (tertiary/aromatic N) is 4. The molecule has 0 fully saturated rings. The molecule has 2 heterocycles. The van der Waals surface area contributed by atoms with E-state index in [9.17, 15) is 0 Å². The van der Waals surface area contributed by atoms with Crippen LogP contribution >= 0.6 is 11.6 Å². The molecule has 0 aliphatic carbocycles. The molecule has 2 rings (SSSR count). The van der Waals surface area contributed by atoms with E-state index in [0.717, 1.165) is 5.69 Å². The number of hydrogen-bond acceptors (Lipinski definition) is 3. The van der Waals surface area contributed by atoms with Gasteiger partial charge in [-0.2, -0.15) is 20.5 Å². The van der Waals surface area contributed by atoms with E-state index >= 15 is 0 Å². The quantitative estimate of drug-likeness (QED) is 0.747. The summed E-state index contributed by atoms with van der Waals surface area (Å²) in [5.41, 5.74) is 2.24. The number of aromatic nitrogens is 5. The topological polar surface area (TPSA) is 59.4 Å². The molecule has 0 atom stereocenters. The fraction of sp³-hybridized carbons (Fsp3) is 0.286. The molecule has 5 nitrogen and oxygen atoms in total. The number of rotatable bonds is 1. The van der Waals surface area contributed by atoms with E-state index in [-0.39, 0.29) is 0 Å². The van der Waals surface area contributed by atoms with Crippen LogP contribution in [0.3, 0.4) is 0 Å². The predicted octanol–water partition coefficient (Wildman–Crippen LogP) is 1.17. The molecule has 13 heavy (non-hydrogen) atoms. The van der Waals surface area contributed by atoms with Crippen molar-refractivity contribution < 1.29 is 0 Å². The zero-order valence-corrected chi connectivity index (χ0v) is 8.00. The molecule has 0 amide bonds. The highest BCUT2D eigenvalue weighted by Crippen LogP contribution is 2.26. The van der Waals surface area contributed by atoms with Crippen molar-refractivity contribution in [3.05, 3.63) is 16.9 Å². The molecule has 0 spiro atoms. The average molecular weight is 198 g/mol. The minimum absolute atomic E-state index is 0.622. The molecule has 0 saturated carbocycles. The number of hydrogen-bond donors (Lipinski definition) is 1. The summed E-state index contributed by atoms with van der Waals surface area (Å²) in [5.74, 6) is 0. The summed E-state index contributed by atoms with van der Waals surface area (Å²) in [4.78, 5) is 0. The van der Waals surface area contributed by atoms with Gasteiger partial charge in [-0.3, -0.25) is 4.68 Å². The van der Waals surface area contributed by atoms with Gasteiger partial charge in [0, 0.05) is 7.05 Å². The molecule has 0 bridgehead atoms. The molecule has 0 aromatic carbocycles. The Bertz CT molecular complexity index is 416. The fourth-order valence-electron chi connectivity index (χ4n) is 1.06. The highest BCUT2D eigenvalue weighted by atomic mass is 35.5. The van der Waals surface area contributed by atoms with Crippen LogP contribution in [0.1, 0.15) is 5.69 Å². The maximum atomic E-state index is 6.04. The summed E-state index contributed by atoms with van der Waals surface area (Å²) >= 11 is 6.04. The molecule has 1 N–H and O–H groups in total. The lowest BCUT2D eigenvalue weighted by Crippen LogP contribution is -1.92. The number of halogens is 1. The van der Waals surface area contributed by atoms with Gasteiger partial charge < -0.3 is 0 Å². The summed E-state index contributed by atoms with van der Waals surface area (Å²) in [5, 5.41) is 15.0. The van der Waals surface area contributed by atoms with Gasteiger partial charge in [-0.15, -0.1) is 0 Å². The minimum atomic E-state index is 0.622. The van der Waals surface area contributed by atoms with Crippen LogP contribution in [-0.4, -0.2) is 25.2 Å². The zero-order valence-electron chi connectivity index (χ0n) is 7.24. The Morgan fingerprint density at radius 3 is 2.77 bits per heavy atom. The second-order valence-corrected chi connectivity index (χ2v) is 3.10. The SMILES string of the molecule is Cc1c(Cl)c(-c2cn[nH]n2)nn1C. The van der Waals surface area contributed by atoms with Gasteiger partial charge >= 0.3 is 0 Å². The molecule has 0 radical (unpaired) electrons. The van der Waals surface area contributed by atoms with Crippen LogP contribution in [0.5, 0.6) is 0 Å². The van der Waals surface area contributed by atoms with Crippen molar-refractivity contribution in [1.29, 1.82) is 0 Å². The van der Waals surface area contributed by atoms with Gasteiger partial charge in [-0.1, -0.05) is 11.6 Å². The van der Waals surface area contributed by atoms with Crippen molar-refractivity contribution in [1.82, 2.24) is 25.2 Å². The summed E-state index contributed by atoms with van der Waals surface area (Å²) in [6.07, 6.45) is 1.59. The van der Waals surface area contributed by atoms with Gasteiger partial charge in [0.25, 0.3) is 0 Å². The number of aryl methyl sites for hydroxylation is 1. The second kappa shape index (κ2) is 2.85. The van der Waals surface area contributed by atoms with Gasteiger partial charge in [0.1, 0.15) is 11.4 Å². The van der Waals surface area contributed by atoms with Crippen molar-refractivity contribution in [2.45, 2.75) is 6.92 Å². The maximum Gasteiger partial charge on any atom is 0.134 e. The molecule has 2 aromatic heterocycles. The Balaban J connectivity index is 2.59. The van der Waals surface area contributed by atoms with Crippen LogP contribution in [-0.2, 0) is 7.05 Å². The van der Waals surface area contributed by atoms with Gasteiger partial charge in [-0.05, 0) is 6.92 Å². The van der Waals surface area contributed by atoms with E-state index in [1.165, 1.54) is 0 Å². The van der Waals surface area contributed by atoms with Gasteiger partial charge in [0.2, 0.25) is 0 Å². The largest absolute Gasteiger partial charge is 0.271 e. The Morgan fingerprint density at radius 2 is 2.31 bits per heavy atom. The number of aromatic amines is 1. The van der Waals surface area contributed by atoms with E-state index < -0.39 is 0 Å². The zero-order chi connectivity index (χ0) is 9.42. The van der Waals surface area contributed by atoms with Gasteiger partial charge in [0.05, 0.1) is 16.9 Å². The van der Waals surface area contributed by atoms with Gasteiger partial charge in [-0.25, -0.2) is 0 Å². The van der Waals surface area contributed by atoms with Crippen LogP contribution < -0.4 is 0 Å². The molecule has 2 aromatic rings. The molecule has 68 valence electrons. The number of H-pyrrole nitrogens is 1. The maximum absolute atomic E-state index is 6.04. The Hall–Kier alpha value is -1.36. The third kappa shape index (κ3) is 1.21. The standard InChI is InChI=1S/C7H8ClN5/c1-4-6(8)7(11-13(4)2)5-3-9-12-10-5/h3H,1-2H3,(H,9,10,12). The molecular weight excluding hydrogens is 190 g/mol. The van der Waals surface area contributed by atoms with Crippen LogP contribution in [0.15, 0.2) is 6.20 Å². The molecule has 0 aliphatic heterocycles. The van der Waals surface area contributed by atoms with Crippen LogP contribution in [0.4, 0.5) is 0 Å². The third-order valence-electron chi connectivity index (χ3n) is 1.92. The lowest BCUT2D eigenvalue weighted by atomic mass is 10.3. The Morgan fingerprint density at radius 1 is 1.54 bits per heavy atom. The predicted molar refractivity (Wildman–Crippen MR) is 48.3 cm³/mol. The summed E-state index contributed by atoms with van der Waals surface area (Å²) in [6, 6.07) is 0. The van der Waals surface area contributed by atoms with Crippen molar-refractivity contribution in [3.8, 4) is 11.4 Å². The lowest BCUT2D eigenvalue weighted by molar-refractivity contribution is 0.742. The Kier molecular flexibility index (Phi) is 1.81. The molecular formula is C7H8ClN5. The molecule has 0 unspecified atom stereocenters. The van der Waals surface area contributed by atoms with E-state index in [0.29, 0.717) is 16.4 Å². The van der Waals surface area contributed by atoms with Crippen molar-refractivity contribution >= 4 is 11.6 Å². The summed E-state index contributed by atoms with van der Waals surface area (Å²) < 4.78 is 1.71. The lowest BCUT2D eigenvalue weighted by Gasteiger charge is -1.89. The molecule has 0 aliphatic rings. The first-order valence-electron chi connectivity index (χ1n) is 3.75. The molecule has 0 saturated heterocycles. The van der Waals surface area contributed by atoms with Crippen molar-refractivity contribution in [3.63, 3.8) is 0 Å². The van der Waals surface area contributed by atoms with Crippen molar-refractivity contribution in [2.75, 3.05) is 0 Å². The first-order valence-corrected chi connectivity index (χ1v) is 4.13. The highest BCUT2D eigenvalue weighted by Gasteiger charge is 2.14. The first-order chi connectivity index (χ1) is 6.20. The van der Waals surface area contributed by atoms with Gasteiger partial charge in [0.15, 0.2) is 0 Å². The summed E-state index contributed by atoms with van der Waals surface area (Å²) in [7, 11) is 1.84.